The van der Waals surface area contributed by atoms with Crippen LogP contribution in [0.4, 0.5) is 0 Å². The van der Waals surface area contributed by atoms with Crippen LogP contribution in [-0.2, 0) is 0 Å². The van der Waals surface area contributed by atoms with Crippen LogP contribution in [0.2, 0.25) is 0 Å². The van der Waals surface area contributed by atoms with Crippen LogP contribution in [0.15, 0.2) is 42.5 Å². The summed E-state index contributed by atoms with van der Waals surface area (Å²) in [5, 5.41) is 10.3. The van der Waals surface area contributed by atoms with Gasteiger partial charge in [-0.1, -0.05) is 42.5 Å². The second kappa shape index (κ2) is 7.02. The average Bonchev–Trinajstić information content (AvgIpc) is 2.42. The topological polar surface area (TPSA) is 26.7 Å². The van der Waals surface area contributed by atoms with Crippen LogP contribution in [0.3, 0.4) is 0 Å². The minimum Gasteiger partial charge on any atom is -0.387 e. The molecular formula is C17H26N2O. The highest BCUT2D eigenvalue weighted by Gasteiger charge is 2.25. The summed E-state index contributed by atoms with van der Waals surface area (Å²) in [5.74, 6) is 0. The third kappa shape index (κ3) is 4.17. The number of nitrogens with zero attached hydrogens (tertiary/aromatic N) is 2. The van der Waals surface area contributed by atoms with Gasteiger partial charge in [-0.3, -0.25) is 9.80 Å². The summed E-state index contributed by atoms with van der Waals surface area (Å²) in [5.41, 5.74) is 2.22. The SMILES string of the molecule is C=C(C)CN1CCN(C[C@@H](O)c2ccccc2)[C@@H](C)C1. The third-order valence-corrected chi connectivity index (χ3v) is 3.93. The lowest BCUT2D eigenvalue weighted by Gasteiger charge is -2.40. The fourth-order valence-corrected chi connectivity index (χ4v) is 2.87. The van der Waals surface area contributed by atoms with Crippen molar-refractivity contribution in [1.29, 1.82) is 0 Å². The zero-order chi connectivity index (χ0) is 14.5. The first kappa shape index (κ1) is 15.2. The van der Waals surface area contributed by atoms with Gasteiger partial charge in [-0.2, -0.15) is 0 Å². The third-order valence-electron chi connectivity index (χ3n) is 3.93. The quantitative estimate of drug-likeness (QED) is 0.835. The molecule has 0 bridgehead atoms. The lowest BCUT2D eigenvalue weighted by atomic mass is 10.1. The van der Waals surface area contributed by atoms with E-state index in [-0.39, 0.29) is 0 Å². The number of hydrogen-bond acceptors (Lipinski definition) is 3. The van der Waals surface area contributed by atoms with Crippen molar-refractivity contribution in [3.05, 3.63) is 48.0 Å². The summed E-state index contributed by atoms with van der Waals surface area (Å²) < 4.78 is 0. The maximum atomic E-state index is 10.3. The minimum absolute atomic E-state index is 0.397. The molecule has 0 radical (unpaired) electrons. The molecule has 110 valence electrons. The number of piperazine rings is 1. The van der Waals surface area contributed by atoms with Crippen molar-refractivity contribution in [2.45, 2.75) is 26.0 Å². The molecule has 0 unspecified atom stereocenters. The van der Waals surface area contributed by atoms with Crippen molar-refractivity contribution in [1.82, 2.24) is 9.80 Å². The van der Waals surface area contributed by atoms with Gasteiger partial charge in [-0.05, 0) is 19.4 Å². The Morgan fingerprint density at radius 3 is 2.65 bits per heavy atom. The van der Waals surface area contributed by atoms with Gasteiger partial charge in [0.05, 0.1) is 6.10 Å². The van der Waals surface area contributed by atoms with Gasteiger partial charge in [-0.25, -0.2) is 0 Å². The summed E-state index contributed by atoms with van der Waals surface area (Å²) in [7, 11) is 0. The Morgan fingerprint density at radius 1 is 1.35 bits per heavy atom. The smallest absolute Gasteiger partial charge is 0.0917 e. The van der Waals surface area contributed by atoms with Crippen LogP contribution in [0, 0.1) is 0 Å². The number of aliphatic hydroxyl groups excluding tert-OH is 1. The van der Waals surface area contributed by atoms with E-state index < -0.39 is 6.10 Å². The van der Waals surface area contributed by atoms with E-state index in [1.165, 1.54) is 5.57 Å². The highest BCUT2D eigenvalue weighted by molar-refractivity contribution is 5.17. The van der Waals surface area contributed by atoms with Crippen LogP contribution >= 0.6 is 0 Å². The Kier molecular flexibility index (Phi) is 5.35. The Hall–Kier alpha value is -1.16. The van der Waals surface area contributed by atoms with Crippen molar-refractivity contribution in [2.75, 3.05) is 32.7 Å². The number of β-amino-alcohol motifs (C(OH)–C–C–N with tert-alkyl or cyclic N) is 1. The zero-order valence-corrected chi connectivity index (χ0v) is 12.6. The van der Waals surface area contributed by atoms with Crippen molar-refractivity contribution >= 4 is 0 Å². The van der Waals surface area contributed by atoms with Gasteiger partial charge < -0.3 is 5.11 Å². The molecule has 3 heteroatoms. The summed E-state index contributed by atoms with van der Waals surface area (Å²) in [6.07, 6.45) is -0.397. The molecule has 3 nitrogen and oxygen atoms in total. The predicted molar refractivity (Wildman–Crippen MR) is 83.7 cm³/mol. The summed E-state index contributed by atoms with van der Waals surface area (Å²) in [4.78, 5) is 4.82. The monoisotopic (exact) mass is 274 g/mol. The Morgan fingerprint density at radius 2 is 2.05 bits per heavy atom. The van der Waals surface area contributed by atoms with Crippen LogP contribution in [-0.4, -0.2) is 53.7 Å². The zero-order valence-electron chi connectivity index (χ0n) is 12.6. The Bertz CT molecular complexity index is 432. The largest absolute Gasteiger partial charge is 0.387 e. The van der Waals surface area contributed by atoms with E-state index in [0.717, 1.165) is 31.7 Å². The lowest BCUT2D eigenvalue weighted by Crippen LogP contribution is -2.53. The van der Waals surface area contributed by atoms with Crippen molar-refractivity contribution < 1.29 is 5.11 Å². The molecule has 1 fully saturated rings. The van der Waals surface area contributed by atoms with Crippen LogP contribution in [0.1, 0.15) is 25.5 Å². The molecule has 1 saturated heterocycles. The molecule has 0 aromatic heterocycles. The van der Waals surface area contributed by atoms with Crippen LogP contribution in [0.25, 0.3) is 0 Å². The molecule has 1 aliphatic rings. The van der Waals surface area contributed by atoms with E-state index in [4.69, 9.17) is 0 Å². The molecule has 1 aromatic rings. The van der Waals surface area contributed by atoms with E-state index >= 15 is 0 Å². The summed E-state index contributed by atoms with van der Waals surface area (Å²) >= 11 is 0. The molecule has 2 rings (SSSR count). The van der Waals surface area contributed by atoms with Gasteiger partial charge in [0.2, 0.25) is 0 Å². The average molecular weight is 274 g/mol. The van der Waals surface area contributed by atoms with Crippen molar-refractivity contribution in [2.24, 2.45) is 0 Å². The van der Waals surface area contributed by atoms with E-state index in [1.807, 2.05) is 30.3 Å². The molecule has 0 saturated carbocycles. The molecule has 2 atom stereocenters. The maximum absolute atomic E-state index is 10.3. The number of benzene rings is 1. The van der Waals surface area contributed by atoms with Crippen LogP contribution < -0.4 is 0 Å². The molecule has 1 aliphatic heterocycles. The first-order valence-electron chi connectivity index (χ1n) is 7.40. The van der Waals surface area contributed by atoms with Gasteiger partial charge in [0, 0.05) is 38.8 Å². The highest BCUT2D eigenvalue weighted by atomic mass is 16.3. The van der Waals surface area contributed by atoms with Gasteiger partial charge in [-0.15, -0.1) is 0 Å². The fourth-order valence-electron chi connectivity index (χ4n) is 2.87. The first-order chi connectivity index (χ1) is 9.56. The lowest BCUT2D eigenvalue weighted by molar-refractivity contribution is 0.0420. The maximum Gasteiger partial charge on any atom is 0.0917 e. The Balaban J connectivity index is 1.87. The van der Waals surface area contributed by atoms with Gasteiger partial charge >= 0.3 is 0 Å². The molecule has 0 spiro atoms. The van der Waals surface area contributed by atoms with Gasteiger partial charge in [0.15, 0.2) is 0 Å². The Labute approximate surface area is 122 Å². The van der Waals surface area contributed by atoms with E-state index in [0.29, 0.717) is 12.6 Å². The second-order valence-corrected chi connectivity index (χ2v) is 5.96. The highest BCUT2D eigenvalue weighted by Crippen LogP contribution is 2.18. The molecule has 1 aromatic carbocycles. The normalized spacial score (nSPS) is 22.6. The number of hydrogen-bond donors (Lipinski definition) is 1. The second-order valence-electron chi connectivity index (χ2n) is 5.96. The van der Waals surface area contributed by atoms with E-state index in [1.54, 1.807) is 0 Å². The minimum atomic E-state index is -0.397. The van der Waals surface area contributed by atoms with Crippen LogP contribution in [0.5, 0.6) is 0 Å². The molecule has 1 heterocycles. The standard InChI is InChI=1S/C17H26N2O/c1-14(2)11-18-9-10-19(15(3)12-18)13-17(20)16-7-5-4-6-8-16/h4-8,15,17,20H,1,9-13H2,2-3H3/t15-,17+/m0/s1. The van der Waals surface area contributed by atoms with E-state index in [2.05, 4.69) is 30.2 Å². The van der Waals surface area contributed by atoms with Crippen molar-refractivity contribution in [3.63, 3.8) is 0 Å². The fraction of sp³-hybridized carbons (Fsp3) is 0.529. The van der Waals surface area contributed by atoms with E-state index in [9.17, 15) is 5.11 Å². The summed E-state index contributed by atoms with van der Waals surface area (Å²) in [6.45, 7) is 13.1. The predicted octanol–water partition coefficient (Wildman–Crippen LogP) is 2.30. The summed E-state index contributed by atoms with van der Waals surface area (Å²) in [6, 6.07) is 10.4. The first-order valence-corrected chi connectivity index (χ1v) is 7.40. The molecule has 0 amide bonds. The van der Waals surface area contributed by atoms with Gasteiger partial charge in [0.1, 0.15) is 0 Å². The molecule has 20 heavy (non-hydrogen) atoms. The number of rotatable bonds is 5. The van der Waals surface area contributed by atoms with Crippen molar-refractivity contribution in [3.8, 4) is 0 Å². The number of aliphatic hydroxyl groups is 1. The van der Waals surface area contributed by atoms with Gasteiger partial charge in [0.25, 0.3) is 0 Å². The molecule has 1 N–H and O–H groups in total. The molecule has 0 aliphatic carbocycles. The molecular weight excluding hydrogens is 248 g/mol.